The fraction of sp³-hybridized carbons (Fsp3) is 1.00. The summed E-state index contributed by atoms with van der Waals surface area (Å²) in [5.74, 6) is 0. The molecule has 0 unspecified atom stereocenters. The smallest absolute Gasteiger partial charge is 0.187 e. The maximum absolute atomic E-state index is 10.4. The monoisotopic (exact) mass is 1500 g/mol. The first-order chi connectivity index (χ1) is 49.2. The van der Waals surface area contributed by atoms with Gasteiger partial charge in [0.2, 0.25) is 0 Å². The summed E-state index contributed by atoms with van der Waals surface area (Å²) >= 11 is 0. The van der Waals surface area contributed by atoms with Crippen LogP contribution in [0.25, 0.3) is 0 Å². The van der Waals surface area contributed by atoms with Gasteiger partial charge in [0.05, 0.1) is 139 Å². The summed E-state index contributed by atoms with van der Waals surface area (Å²) in [4.78, 5) is 0. The van der Waals surface area contributed by atoms with Gasteiger partial charge in [0.15, 0.2) is 37.7 Å². The molecule has 0 aromatic carbocycles. The highest BCUT2D eigenvalue weighted by atomic mass is 16.8. The van der Waals surface area contributed by atoms with Crippen molar-refractivity contribution in [3.63, 3.8) is 0 Å². The molecule has 0 saturated carbocycles. The van der Waals surface area contributed by atoms with E-state index in [1.165, 1.54) is 0 Å². The summed E-state index contributed by atoms with van der Waals surface area (Å²) in [6, 6.07) is 0. The van der Waals surface area contributed by atoms with Gasteiger partial charge in [0.25, 0.3) is 0 Å². The topological polar surface area (TPSA) is 598 Å². The predicted molar refractivity (Wildman–Crippen MR) is 330 cm³/mol. The molecule has 6 rings (SSSR count). The number of ether oxygens (including phenoxy) is 21. The summed E-state index contributed by atoms with van der Waals surface area (Å²) in [6.07, 6.45) is -41.0. The van der Waals surface area contributed by atoms with E-state index in [9.17, 15) is 102 Å². The fourth-order valence-corrected chi connectivity index (χ4v) is 11.3. The second kappa shape index (κ2) is 48.8. The minimum absolute atomic E-state index is 0.00178. The Morgan fingerprint density at radius 3 is 0.667 bits per heavy atom. The van der Waals surface area contributed by atoms with Crippen molar-refractivity contribution in [3.8, 4) is 0 Å². The van der Waals surface area contributed by atoms with E-state index in [0.717, 1.165) is 0 Å². The van der Waals surface area contributed by atoms with E-state index in [4.69, 9.17) is 99.5 Å². The number of hydrogen-bond acceptors (Lipinski definition) is 41. The van der Waals surface area contributed by atoms with Gasteiger partial charge in [0.1, 0.15) is 146 Å². The lowest BCUT2D eigenvalue weighted by atomic mass is 9.98. The van der Waals surface area contributed by atoms with E-state index in [1.54, 1.807) is 0 Å². The molecule has 6 aliphatic heterocycles. The van der Waals surface area contributed by atoms with Gasteiger partial charge >= 0.3 is 0 Å². The van der Waals surface area contributed by atoms with Crippen molar-refractivity contribution in [2.75, 3.05) is 172 Å². The SMILES string of the molecule is OC[C@H]1O[C@H](OCCCOCCOC[C@H]2O[C@H](OCCOCCCO[C@H]3O[C@H](CO)[C@@H](O)[C@H](O)[C@@H]3O)[C@H](OCCOCCCO[C@H]3O[C@H](CO)[C@@H](O)[C@H](O)[C@@H]3O)[C@@H](OCCOCCCO[C@H]3O[C@H](CO)[C@@H](O)[C@H](O)[C@@H]3O)[C@@H]2OCCOCCCO[C@H]2O[C@H](CO)[C@@H](O)[C@H](O)[C@@H]2O)[C@@H](O)[C@@H](O)[C@@H]1O. The van der Waals surface area contributed by atoms with E-state index in [0.29, 0.717) is 0 Å². The lowest BCUT2D eigenvalue weighted by Crippen LogP contribution is -2.62. The van der Waals surface area contributed by atoms with Crippen LogP contribution in [0.1, 0.15) is 32.1 Å². The van der Waals surface area contributed by atoms with Gasteiger partial charge in [-0.05, 0) is 32.1 Å². The molecule has 6 saturated heterocycles. The maximum Gasteiger partial charge on any atom is 0.187 e. The Bertz CT molecular complexity index is 2120. The van der Waals surface area contributed by atoms with E-state index in [2.05, 4.69) is 0 Å². The first-order valence-corrected chi connectivity index (χ1v) is 34.4. The molecule has 20 N–H and O–H groups in total. The summed E-state index contributed by atoms with van der Waals surface area (Å²) in [6.45, 7) is -3.58. The summed E-state index contributed by atoms with van der Waals surface area (Å²) < 4.78 is 123. The van der Waals surface area contributed by atoms with Crippen LogP contribution in [0.3, 0.4) is 0 Å². The third kappa shape index (κ3) is 27.4. The van der Waals surface area contributed by atoms with Crippen LogP contribution >= 0.6 is 0 Å². The molecule has 0 bridgehead atoms. The molecule has 102 heavy (non-hydrogen) atoms. The average molecular weight is 1500 g/mol. The van der Waals surface area contributed by atoms with Crippen LogP contribution in [0, 0.1) is 0 Å². The van der Waals surface area contributed by atoms with Crippen LogP contribution < -0.4 is 0 Å². The molecule has 602 valence electrons. The Hall–Kier alpha value is -1.64. The summed E-state index contributed by atoms with van der Waals surface area (Å²) in [7, 11) is 0. The van der Waals surface area contributed by atoms with Crippen molar-refractivity contribution < 1.29 is 202 Å². The third-order valence-corrected chi connectivity index (χ3v) is 17.2. The first-order valence-electron chi connectivity index (χ1n) is 34.4. The van der Waals surface area contributed by atoms with Gasteiger partial charge < -0.3 is 202 Å². The zero-order valence-corrected chi connectivity index (χ0v) is 56.8. The van der Waals surface area contributed by atoms with E-state index >= 15 is 0 Å². The lowest BCUT2D eigenvalue weighted by Gasteiger charge is -2.45. The molecule has 41 heteroatoms. The Balaban J connectivity index is 1.12. The Kier molecular flexibility index (Phi) is 42.7. The second-order valence-electron chi connectivity index (χ2n) is 24.7. The van der Waals surface area contributed by atoms with Crippen molar-refractivity contribution in [1.82, 2.24) is 0 Å². The van der Waals surface area contributed by atoms with E-state index < -0.39 is 217 Å². The number of hydrogen-bond donors (Lipinski definition) is 20. The zero-order valence-electron chi connectivity index (χ0n) is 56.8. The molecule has 0 radical (unpaired) electrons. The molecular formula is C61H112O41. The molecule has 6 heterocycles. The summed E-state index contributed by atoms with van der Waals surface area (Å²) in [5.41, 5.74) is 0. The molecule has 41 nitrogen and oxygen atoms in total. The van der Waals surface area contributed by atoms with Crippen LogP contribution in [0.4, 0.5) is 0 Å². The molecule has 0 amide bonds. The molecule has 0 spiro atoms. The van der Waals surface area contributed by atoms with Gasteiger partial charge in [-0.1, -0.05) is 0 Å². The molecule has 6 aliphatic rings. The lowest BCUT2D eigenvalue weighted by molar-refractivity contribution is -0.326. The largest absolute Gasteiger partial charge is 0.394 e. The third-order valence-electron chi connectivity index (χ3n) is 17.2. The van der Waals surface area contributed by atoms with Crippen LogP contribution in [0.5, 0.6) is 0 Å². The van der Waals surface area contributed by atoms with E-state index in [-0.39, 0.29) is 171 Å². The average Bonchev–Trinajstić information content (AvgIpc) is 0.798. The number of aliphatic hydroxyl groups excluding tert-OH is 20. The standard InChI is InChI=1S/C61H112O41/c62-26-32-38(67)43(72)48(77)56(97-32)91-11-1-6-82-16-17-87-31-37-53(88-22-18-83-7-2-12-92-57-49(78)44(73)39(68)33(27-63)98-57)54(89-23-19-84-8-3-13-93-58-50(79)45(74)40(69)34(28-64)99-58)55(90-24-20-85-9-4-14-94-59-51(80)46(75)41(70)35(29-65)100-59)61(102-37)96-25-21-86-10-5-15-95-60-52(81)47(76)42(71)36(30-66)101-60/h32-81H,1-31H2/t32-,33-,34-,35-,36-,37-,38-,39-,40-,41-,42-,43+,44+,45+,46+,47+,48+,49+,50+,51+,52+,53-,54+,55-,56+,57+,58+,59+,60+,61+/m1/s1. The van der Waals surface area contributed by atoms with Crippen LogP contribution in [0.15, 0.2) is 0 Å². The Labute approximate surface area is 588 Å². The van der Waals surface area contributed by atoms with Gasteiger partial charge in [0, 0.05) is 33.0 Å². The second-order valence-corrected chi connectivity index (χ2v) is 24.7. The van der Waals surface area contributed by atoms with Crippen LogP contribution in [-0.4, -0.2) is 458 Å². The van der Waals surface area contributed by atoms with Crippen molar-refractivity contribution in [2.45, 2.75) is 216 Å². The maximum atomic E-state index is 10.4. The molecule has 6 fully saturated rings. The van der Waals surface area contributed by atoms with Gasteiger partial charge in [-0.15, -0.1) is 0 Å². The summed E-state index contributed by atoms with van der Waals surface area (Å²) in [5, 5.41) is 201. The van der Waals surface area contributed by atoms with Crippen molar-refractivity contribution in [1.29, 1.82) is 0 Å². The molecule has 0 aliphatic carbocycles. The molecule has 0 aromatic heterocycles. The predicted octanol–water partition coefficient (Wildman–Crippen LogP) is -12.0. The van der Waals surface area contributed by atoms with Gasteiger partial charge in [-0.25, -0.2) is 0 Å². The quantitative estimate of drug-likeness (QED) is 0.0252. The molecule has 30 atom stereocenters. The normalized spacial score (nSPS) is 39.2. The Morgan fingerprint density at radius 1 is 0.176 bits per heavy atom. The minimum Gasteiger partial charge on any atom is -0.394 e. The van der Waals surface area contributed by atoms with Crippen molar-refractivity contribution >= 4 is 0 Å². The van der Waals surface area contributed by atoms with E-state index in [1.807, 2.05) is 0 Å². The van der Waals surface area contributed by atoms with Gasteiger partial charge in [-0.2, -0.15) is 0 Å². The van der Waals surface area contributed by atoms with Crippen molar-refractivity contribution in [3.05, 3.63) is 0 Å². The fourth-order valence-electron chi connectivity index (χ4n) is 11.3. The molecule has 0 aromatic rings. The number of aliphatic hydroxyl groups is 20. The highest BCUT2D eigenvalue weighted by molar-refractivity contribution is 4.95. The minimum atomic E-state index is -1.64. The number of rotatable bonds is 51. The highest BCUT2D eigenvalue weighted by Gasteiger charge is 2.51. The van der Waals surface area contributed by atoms with Crippen molar-refractivity contribution in [2.24, 2.45) is 0 Å². The Morgan fingerprint density at radius 2 is 0.392 bits per heavy atom. The molecular weight excluding hydrogens is 1390 g/mol. The first kappa shape index (κ1) is 89.3. The zero-order chi connectivity index (χ0) is 74.1. The van der Waals surface area contributed by atoms with Crippen LogP contribution in [-0.2, 0) is 99.5 Å². The van der Waals surface area contributed by atoms with Crippen LogP contribution in [0.2, 0.25) is 0 Å². The highest BCUT2D eigenvalue weighted by Crippen LogP contribution is 2.32. The van der Waals surface area contributed by atoms with Gasteiger partial charge in [-0.3, -0.25) is 0 Å².